The molecule has 1 aliphatic rings. The summed E-state index contributed by atoms with van der Waals surface area (Å²) in [5.41, 5.74) is 2.63. The zero-order valence-corrected chi connectivity index (χ0v) is 17.9. The van der Waals surface area contributed by atoms with E-state index in [2.05, 4.69) is 21.8 Å². The zero-order chi connectivity index (χ0) is 22.5. The minimum Gasteiger partial charge on any atom is -0.487 e. The van der Waals surface area contributed by atoms with E-state index in [1.807, 2.05) is 18.5 Å². The summed E-state index contributed by atoms with van der Waals surface area (Å²) in [6.07, 6.45) is 6.29. The molecule has 0 aliphatic carbocycles. The van der Waals surface area contributed by atoms with E-state index in [1.54, 1.807) is 24.3 Å². The number of hydrogen-bond acceptors (Lipinski definition) is 5. The van der Waals surface area contributed by atoms with Crippen molar-refractivity contribution in [2.24, 2.45) is 5.92 Å². The molecule has 0 saturated carbocycles. The van der Waals surface area contributed by atoms with Crippen LogP contribution in [0.25, 0.3) is 11.1 Å². The maximum absolute atomic E-state index is 14.6. The fourth-order valence-corrected chi connectivity index (χ4v) is 3.80. The fraction of sp³-hybridized carbons (Fsp3) is 0.320. The normalized spacial score (nSPS) is 14.2. The molecule has 0 atom stereocenters. The highest BCUT2D eigenvalue weighted by Crippen LogP contribution is 2.30. The van der Waals surface area contributed by atoms with Gasteiger partial charge in [-0.15, -0.1) is 0 Å². The second-order valence-electron chi connectivity index (χ2n) is 7.94. The van der Waals surface area contributed by atoms with Crippen LogP contribution < -0.4 is 9.64 Å². The maximum atomic E-state index is 14.6. The van der Waals surface area contributed by atoms with Crippen LogP contribution in [0.3, 0.4) is 0 Å². The maximum Gasteiger partial charge on any atom is 0.225 e. The van der Waals surface area contributed by atoms with Crippen molar-refractivity contribution in [3.05, 3.63) is 71.6 Å². The van der Waals surface area contributed by atoms with Crippen molar-refractivity contribution < 1.29 is 13.5 Å². The number of halogens is 2. The molecule has 1 aliphatic heterocycles. The summed E-state index contributed by atoms with van der Waals surface area (Å²) >= 11 is 0. The van der Waals surface area contributed by atoms with Gasteiger partial charge in [-0.2, -0.15) is 5.26 Å². The van der Waals surface area contributed by atoms with Gasteiger partial charge in [-0.3, -0.25) is 0 Å². The third-order valence-electron chi connectivity index (χ3n) is 5.81. The molecule has 2 heterocycles. The fourth-order valence-electron chi connectivity index (χ4n) is 3.80. The van der Waals surface area contributed by atoms with Gasteiger partial charge in [-0.05, 0) is 66.1 Å². The number of ether oxygens (including phenoxy) is 1. The molecule has 7 heteroatoms. The molecule has 0 amide bonds. The van der Waals surface area contributed by atoms with E-state index < -0.39 is 11.6 Å². The van der Waals surface area contributed by atoms with E-state index in [1.165, 1.54) is 12.1 Å². The Hall–Kier alpha value is -3.53. The Morgan fingerprint density at radius 3 is 2.22 bits per heavy atom. The van der Waals surface area contributed by atoms with E-state index in [-0.39, 0.29) is 18.3 Å². The highest BCUT2D eigenvalue weighted by molar-refractivity contribution is 5.65. The van der Waals surface area contributed by atoms with E-state index >= 15 is 0 Å². The van der Waals surface area contributed by atoms with E-state index in [0.29, 0.717) is 16.7 Å². The highest BCUT2D eigenvalue weighted by Gasteiger charge is 2.23. The molecule has 4 rings (SSSR count). The monoisotopic (exact) mass is 434 g/mol. The van der Waals surface area contributed by atoms with Crippen LogP contribution in [0.4, 0.5) is 14.7 Å². The molecule has 3 aromatic rings. The molecular weight excluding hydrogens is 410 g/mol. The van der Waals surface area contributed by atoms with Crippen LogP contribution >= 0.6 is 0 Å². The SMILES string of the molecule is CCc1cnc(N2CCC(COc3c(F)cc(-c4ccc(C#N)cc4)cc3F)CC2)nc1. The Morgan fingerprint density at radius 1 is 1.03 bits per heavy atom. The summed E-state index contributed by atoms with van der Waals surface area (Å²) in [6.45, 7) is 3.88. The molecule has 1 aromatic heterocycles. The summed E-state index contributed by atoms with van der Waals surface area (Å²) in [4.78, 5) is 11.0. The lowest BCUT2D eigenvalue weighted by molar-refractivity contribution is 0.207. The lowest BCUT2D eigenvalue weighted by atomic mass is 9.98. The second-order valence-corrected chi connectivity index (χ2v) is 7.94. The average Bonchev–Trinajstić information content (AvgIpc) is 2.84. The van der Waals surface area contributed by atoms with Crippen LogP contribution in [-0.4, -0.2) is 29.7 Å². The van der Waals surface area contributed by atoms with Gasteiger partial charge < -0.3 is 9.64 Å². The Balaban J connectivity index is 1.35. The number of piperidine rings is 1. The molecule has 0 spiro atoms. The summed E-state index contributed by atoms with van der Waals surface area (Å²) in [6, 6.07) is 11.1. The Bertz CT molecular complexity index is 1080. The number of nitriles is 1. The van der Waals surface area contributed by atoms with Gasteiger partial charge >= 0.3 is 0 Å². The van der Waals surface area contributed by atoms with E-state index in [9.17, 15) is 8.78 Å². The molecule has 1 saturated heterocycles. The predicted molar refractivity (Wildman–Crippen MR) is 118 cm³/mol. The van der Waals surface area contributed by atoms with E-state index in [0.717, 1.165) is 43.9 Å². The zero-order valence-electron chi connectivity index (χ0n) is 17.9. The van der Waals surface area contributed by atoms with Crippen LogP contribution in [0, 0.1) is 28.9 Å². The van der Waals surface area contributed by atoms with Gasteiger partial charge in [0.25, 0.3) is 0 Å². The van der Waals surface area contributed by atoms with Gasteiger partial charge in [0.2, 0.25) is 5.95 Å². The summed E-state index contributed by atoms with van der Waals surface area (Å²) in [5, 5.41) is 8.89. The van der Waals surface area contributed by atoms with Crippen LogP contribution in [0.5, 0.6) is 5.75 Å². The topological polar surface area (TPSA) is 62.0 Å². The number of aryl methyl sites for hydroxylation is 1. The average molecular weight is 434 g/mol. The highest BCUT2D eigenvalue weighted by atomic mass is 19.1. The number of rotatable bonds is 6. The summed E-state index contributed by atoms with van der Waals surface area (Å²) < 4.78 is 34.8. The minimum absolute atomic E-state index is 0.207. The van der Waals surface area contributed by atoms with Gasteiger partial charge in [0.15, 0.2) is 17.4 Å². The van der Waals surface area contributed by atoms with Crippen molar-refractivity contribution in [1.82, 2.24) is 9.97 Å². The van der Waals surface area contributed by atoms with Crippen molar-refractivity contribution in [2.75, 3.05) is 24.6 Å². The third kappa shape index (κ3) is 4.86. The minimum atomic E-state index is -0.730. The first-order valence-corrected chi connectivity index (χ1v) is 10.8. The molecule has 164 valence electrons. The van der Waals surface area contributed by atoms with Crippen molar-refractivity contribution in [3.8, 4) is 22.9 Å². The number of benzene rings is 2. The molecule has 2 aromatic carbocycles. The van der Waals surface area contributed by atoms with Gasteiger partial charge in [-0.25, -0.2) is 18.7 Å². The standard InChI is InChI=1S/C25H24F2N4O/c1-2-17-14-29-25(30-15-17)31-9-7-19(8-10-31)16-32-24-22(26)11-21(12-23(24)27)20-5-3-18(13-28)4-6-20/h3-6,11-12,14-15,19H,2,7-10,16H2,1H3. The van der Waals surface area contributed by atoms with Crippen LogP contribution in [0.1, 0.15) is 30.9 Å². The summed E-state index contributed by atoms with van der Waals surface area (Å²) in [7, 11) is 0. The number of hydrogen-bond donors (Lipinski definition) is 0. The first kappa shape index (κ1) is 21.7. The molecule has 32 heavy (non-hydrogen) atoms. The van der Waals surface area contributed by atoms with Gasteiger partial charge in [0.1, 0.15) is 0 Å². The lowest BCUT2D eigenvalue weighted by Crippen LogP contribution is -2.36. The van der Waals surface area contributed by atoms with Gasteiger partial charge in [0, 0.05) is 25.5 Å². The molecule has 0 radical (unpaired) electrons. The molecular formula is C25H24F2N4O. The van der Waals surface area contributed by atoms with Crippen molar-refractivity contribution >= 4 is 5.95 Å². The number of nitrogens with zero attached hydrogens (tertiary/aromatic N) is 4. The molecule has 1 fully saturated rings. The first-order valence-electron chi connectivity index (χ1n) is 10.8. The quantitative estimate of drug-likeness (QED) is 0.537. The van der Waals surface area contributed by atoms with Crippen molar-refractivity contribution in [1.29, 1.82) is 5.26 Å². The predicted octanol–water partition coefficient (Wildman–Crippen LogP) is 5.15. The van der Waals surface area contributed by atoms with Crippen LogP contribution in [-0.2, 0) is 6.42 Å². The number of anilines is 1. The van der Waals surface area contributed by atoms with Crippen molar-refractivity contribution in [3.63, 3.8) is 0 Å². The van der Waals surface area contributed by atoms with Crippen LogP contribution in [0.15, 0.2) is 48.8 Å². The third-order valence-corrected chi connectivity index (χ3v) is 5.81. The Kier molecular flexibility index (Phi) is 6.60. The molecule has 0 bridgehead atoms. The molecule has 0 unspecified atom stereocenters. The smallest absolute Gasteiger partial charge is 0.225 e. The molecule has 0 N–H and O–H groups in total. The second kappa shape index (κ2) is 9.73. The largest absolute Gasteiger partial charge is 0.487 e. The van der Waals surface area contributed by atoms with Crippen molar-refractivity contribution in [2.45, 2.75) is 26.2 Å². The first-order chi connectivity index (χ1) is 15.6. The van der Waals surface area contributed by atoms with Gasteiger partial charge in [-0.1, -0.05) is 19.1 Å². The Morgan fingerprint density at radius 2 is 1.66 bits per heavy atom. The Labute approximate surface area is 186 Å². The summed E-state index contributed by atoms with van der Waals surface area (Å²) in [5.74, 6) is -0.879. The number of aromatic nitrogens is 2. The van der Waals surface area contributed by atoms with E-state index in [4.69, 9.17) is 10.00 Å². The lowest BCUT2D eigenvalue weighted by Gasteiger charge is -2.31. The molecule has 5 nitrogen and oxygen atoms in total. The van der Waals surface area contributed by atoms with Crippen LogP contribution in [0.2, 0.25) is 0 Å². The van der Waals surface area contributed by atoms with Gasteiger partial charge in [0.05, 0.1) is 18.2 Å².